The molecule has 0 aliphatic heterocycles. The summed E-state index contributed by atoms with van der Waals surface area (Å²) in [5.74, 6) is 0.505. The van der Waals surface area contributed by atoms with Gasteiger partial charge < -0.3 is 5.32 Å². The molecule has 0 saturated heterocycles. The van der Waals surface area contributed by atoms with E-state index in [4.69, 9.17) is 5.26 Å². The van der Waals surface area contributed by atoms with E-state index < -0.39 is 0 Å². The van der Waals surface area contributed by atoms with Gasteiger partial charge in [-0.15, -0.1) is 5.10 Å². The van der Waals surface area contributed by atoms with Gasteiger partial charge in [0.05, 0.1) is 11.6 Å². The zero-order valence-electron chi connectivity index (χ0n) is 15.5. The first kappa shape index (κ1) is 18.1. The van der Waals surface area contributed by atoms with Crippen LogP contribution in [0.1, 0.15) is 21.5 Å². The van der Waals surface area contributed by atoms with Crippen LogP contribution in [0, 0.1) is 11.3 Å². The molecule has 0 fully saturated rings. The summed E-state index contributed by atoms with van der Waals surface area (Å²) in [7, 11) is 0. The number of nitrogens with zero attached hydrogens (tertiary/aromatic N) is 4. The smallest absolute Gasteiger partial charge is 0.281 e. The van der Waals surface area contributed by atoms with E-state index in [-0.39, 0.29) is 5.91 Å². The van der Waals surface area contributed by atoms with Gasteiger partial charge in [0, 0.05) is 17.7 Å². The van der Waals surface area contributed by atoms with Crippen molar-refractivity contribution in [3.8, 4) is 17.5 Å². The number of hydrogen-bond acceptors (Lipinski definition) is 5. The van der Waals surface area contributed by atoms with Gasteiger partial charge in [0.2, 0.25) is 5.95 Å². The summed E-state index contributed by atoms with van der Waals surface area (Å²) in [6.07, 6.45) is 0. The number of hydrogen-bond donors (Lipinski definition) is 1. The second-order valence-corrected chi connectivity index (χ2v) is 6.37. The van der Waals surface area contributed by atoms with E-state index >= 15 is 0 Å². The van der Waals surface area contributed by atoms with E-state index in [1.165, 1.54) is 4.68 Å². The third-order valence-corrected chi connectivity index (χ3v) is 4.39. The number of benzene rings is 3. The Kier molecular flexibility index (Phi) is 5.12. The number of carbonyl (C=O) groups excluding carboxylic acids is 1. The summed E-state index contributed by atoms with van der Waals surface area (Å²) < 4.78 is 1.27. The summed E-state index contributed by atoms with van der Waals surface area (Å²) in [6.45, 7) is 0.508. The first-order valence-electron chi connectivity index (χ1n) is 9.10. The van der Waals surface area contributed by atoms with Crippen molar-refractivity contribution in [3.63, 3.8) is 0 Å². The van der Waals surface area contributed by atoms with Crippen LogP contribution in [0.2, 0.25) is 0 Å². The minimum atomic E-state index is -0.320. The third kappa shape index (κ3) is 4.04. The lowest BCUT2D eigenvalue weighted by Crippen LogP contribution is -2.17. The highest BCUT2D eigenvalue weighted by Gasteiger charge is 2.18. The minimum absolute atomic E-state index is 0.320. The highest BCUT2D eigenvalue weighted by atomic mass is 16.2. The van der Waals surface area contributed by atoms with E-state index in [1.54, 1.807) is 24.3 Å². The third-order valence-electron chi connectivity index (χ3n) is 4.39. The van der Waals surface area contributed by atoms with Crippen LogP contribution in [0.4, 0.5) is 5.95 Å². The van der Waals surface area contributed by atoms with E-state index in [0.29, 0.717) is 29.4 Å². The van der Waals surface area contributed by atoms with E-state index in [1.807, 2.05) is 66.7 Å². The molecule has 3 aromatic carbocycles. The van der Waals surface area contributed by atoms with Gasteiger partial charge >= 0.3 is 0 Å². The number of aromatic nitrogens is 3. The lowest BCUT2D eigenvalue weighted by atomic mass is 10.1. The highest BCUT2D eigenvalue weighted by Crippen LogP contribution is 2.19. The first-order chi connectivity index (χ1) is 14.2. The normalized spacial score (nSPS) is 10.3. The molecule has 0 aliphatic rings. The van der Waals surface area contributed by atoms with Gasteiger partial charge in [-0.25, -0.2) is 0 Å². The van der Waals surface area contributed by atoms with Gasteiger partial charge in [-0.05, 0) is 29.8 Å². The van der Waals surface area contributed by atoms with Crippen molar-refractivity contribution in [2.75, 3.05) is 5.32 Å². The Labute approximate surface area is 168 Å². The van der Waals surface area contributed by atoms with Gasteiger partial charge in [0.1, 0.15) is 0 Å². The van der Waals surface area contributed by atoms with Crippen LogP contribution in [0.3, 0.4) is 0 Å². The van der Waals surface area contributed by atoms with Crippen LogP contribution in [0.5, 0.6) is 0 Å². The maximum absolute atomic E-state index is 13.1. The summed E-state index contributed by atoms with van der Waals surface area (Å²) >= 11 is 0. The van der Waals surface area contributed by atoms with Crippen molar-refractivity contribution in [2.45, 2.75) is 6.54 Å². The molecule has 6 heteroatoms. The predicted molar refractivity (Wildman–Crippen MR) is 110 cm³/mol. The number of rotatable bonds is 5. The van der Waals surface area contributed by atoms with Crippen molar-refractivity contribution in [1.82, 2.24) is 14.8 Å². The van der Waals surface area contributed by atoms with E-state index in [2.05, 4.69) is 15.4 Å². The molecular formula is C23H17N5O. The second-order valence-electron chi connectivity index (χ2n) is 6.37. The van der Waals surface area contributed by atoms with Gasteiger partial charge in [0.15, 0.2) is 5.82 Å². The molecule has 1 N–H and O–H groups in total. The topological polar surface area (TPSA) is 83.6 Å². The van der Waals surface area contributed by atoms with Crippen LogP contribution in [-0.2, 0) is 6.54 Å². The molecule has 0 unspecified atom stereocenters. The first-order valence-corrected chi connectivity index (χ1v) is 9.10. The molecule has 0 bridgehead atoms. The van der Waals surface area contributed by atoms with Crippen LogP contribution in [-0.4, -0.2) is 20.7 Å². The maximum atomic E-state index is 13.1. The van der Waals surface area contributed by atoms with Crippen molar-refractivity contribution in [1.29, 1.82) is 5.26 Å². The Morgan fingerprint density at radius 1 is 0.931 bits per heavy atom. The Hall–Kier alpha value is -4.24. The molecule has 29 heavy (non-hydrogen) atoms. The fourth-order valence-electron chi connectivity index (χ4n) is 2.86. The molecular weight excluding hydrogens is 362 g/mol. The molecule has 140 valence electrons. The summed E-state index contributed by atoms with van der Waals surface area (Å²) in [6, 6.07) is 27.9. The average Bonchev–Trinajstić information content (AvgIpc) is 3.23. The zero-order chi connectivity index (χ0) is 20.1. The van der Waals surface area contributed by atoms with Crippen LogP contribution >= 0.6 is 0 Å². The predicted octanol–water partition coefficient (Wildman–Crippen LogP) is 4.12. The number of carbonyl (C=O) groups is 1. The van der Waals surface area contributed by atoms with Gasteiger partial charge in [-0.3, -0.25) is 4.79 Å². The molecule has 1 heterocycles. The van der Waals surface area contributed by atoms with Crippen LogP contribution in [0.15, 0.2) is 84.9 Å². The lowest BCUT2D eigenvalue weighted by molar-refractivity contribution is 0.0947. The van der Waals surface area contributed by atoms with Gasteiger partial charge in [-0.1, -0.05) is 60.7 Å². The van der Waals surface area contributed by atoms with E-state index in [0.717, 1.165) is 11.1 Å². The SMILES string of the molecule is N#Cc1ccc(C(=O)n2nc(-c3ccccc3)nc2NCc2ccccc2)cc1. The summed E-state index contributed by atoms with van der Waals surface area (Å²) in [5.41, 5.74) is 2.81. The fraction of sp³-hybridized carbons (Fsp3) is 0.0435. The van der Waals surface area contributed by atoms with Crippen LogP contribution in [0.25, 0.3) is 11.4 Å². The quantitative estimate of drug-likeness (QED) is 0.564. The number of nitriles is 1. The Balaban J connectivity index is 1.68. The molecule has 0 atom stereocenters. The van der Waals surface area contributed by atoms with Crippen molar-refractivity contribution in [2.24, 2.45) is 0 Å². The second kappa shape index (κ2) is 8.19. The molecule has 0 radical (unpaired) electrons. The minimum Gasteiger partial charge on any atom is -0.350 e. The standard InChI is InChI=1S/C23H17N5O/c24-15-17-11-13-20(14-12-17)22(29)28-23(25-16-18-7-3-1-4-8-18)26-21(27-28)19-9-5-2-6-10-19/h1-14H,16H2,(H,25,26,27). The molecule has 1 aromatic heterocycles. The molecule has 0 spiro atoms. The molecule has 4 aromatic rings. The highest BCUT2D eigenvalue weighted by molar-refractivity contribution is 5.97. The van der Waals surface area contributed by atoms with Crippen molar-refractivity contribution < 1.29 is 4.79 Å². The van der Waals surface area contributed by atoms with Crippen molar-refractivity contribution in [3.05, 3.63) is 102 Å². The average molecular weight is 379 g/mol. The zero-order valence-corrected chi connectivity index (χ0v) is 15.5. The largest absolute Gasteiger partial charge is 0.350 e. The Morgan fingerprint density at radius 3 is 2.24 bits per heavy atom. The van der Waals surface area contributed by atoms with Crippen molar-refractivity contribution >= 4 is 11.9 Å². The molecule has 0 saturated carbocycles. The maximum Gasteiger partial charge on any atom is 0.281 e. The van der Waals surface area contributed by atoms with E-state index in [9.17, 15) is 4.79 Å². The number of anilines is 1. The summed E-state index contributed by atoms with van der Waals surface area (Å²) in [5, 5.41) is 16.6. The Morgan fingerprint density at radius 2 is 1.59 bits per heavy atom. The molecule has 6 nitrogen and oxygen atoms in total. The molecule has 0 aliphatic carbocycles. The fourth-order valence-corrected chi connectivity index (χ4v) is 2.86. The summed E-state index contributed by atoms with van der Waals surface area (Å²) in [4.78, 5) is 17.6. The Bertz CT molecular complexity index is 1160. The van der Waals surface area contributed by atoms with Crippen LogP contribution < -0.4 is 5.32 Å². The molecule has 0 amide bonds. The number of nitrogens with one attached hydrogen (secondary N) is 1. The van der Waals surface area contributed by atoms with Gasteiger partial charge in [-0.2, -0.15) is 14.9 Å². The lowest BCUT2D eigenvalue weighted by Gasteiger charge is -2.07. The monoisotopic (exact) mass is 379 g/mol. The van der Waals surface area contributed by atoms with Gasteiger partial charge in [0.25, 0.3) is 5.91 Å². The molecule has 4 rings (SSSR count).